The van der Waals surface area contributed by atoms with Crippen LogP contribution in [-0.2, 0) is 0 Å². The smallest absolute Gasteiger partial charge is 0.388 e. The van der Waals surface area contributed by atoms with Gasteiger partial charge in [-0.3, -0.25) is 0 Å². The van der Waals surface area contributed by atoms with Gasteiger partial charge in [-0.05, 0) is 0 Å². The summed E-state index contributed by atoms with van der Waals surface area (Å²) in [5, 5.41) is 2.30. The summed E-state index contributed by atoms with van der Waals surface area (Å²) in [5.41, 5.74) is 0. The normalized spacial score (nSPS) is 11.2. The molecule has 4 nitrogen and oxygen atoms in total. The Morgan fingerprint density at radius 3 is 2.57 bits per heavy atom. The highest BCUT2D eigenvalue weighted by molar-refractivity contribution is 6.29. The van der Waals surface area contributed by atoms with Crippen molar-refractivity contribution in [2.24, 2.45) is 0 Å². The molecule has 0 aliphatic carbocycles. The van der Waals surface area contributed by atoms with Gasteiger partial charge in [0.15, 0.2) is 0 Å². The zero-order chi connectivity index (χ0) is 10.8. The topological polar surface area (TPSA) is 47.0 Å². The SMILES string of the molecule is CNc1nc(Cl)cc(OC(F)(F)F)n1. The van der Waals surface area contributed by atoms with Crippen LogP contribution in [0.2, 0.25) is 5.15 Å². The zero-order valence-corrected chi connectivity index (χ0v) is 7.65. The molecular formula is C6H5ClF3N3O. The lowest BCUT2D eigenvalue weighted by Gasteiger charge is -2.08. The highest BCUT2D eigenvalue weighted by Gasteiger charge is 2.32. The molecule has 0 bridgehead atoms. The molecule has 0 amide bonds. The molecule has 78 valence electrons. The Bertz CT molecular complexity index is 331. The van der Waals surface area contributed by atoms with Gasteiger partial charge in [0.2, 0.25) is 11.8 Å². The number of aromatic nitrogens is 2. The summed E-state index contributed by atoms with van der Waals surface area (Å²) in [7, 11) is 1.45. The van der Waals surface area contributed by atoms with Crippen molar-refractivity contribution in [1.29, 1.82) is 0 Å². The molecule has 0 unspecified atom stereocenters. The first-order valence-corrected chi connectivity index (χ1v) is 3.76. The first-order valence-electron chi connectivity index (χ1n) is 3.39. The van der Waals surface area contributed by atoms with Crippen LogP contribution in [0.1, 0.15) is 0 Å². The van der Waals surface area contributed by atoms with Crippen molar-refractivity contribution >= 4 is 17.5 Å². The molecule has 1 aromatic rings. The predicted octanol–water partition coefficient (Wildman–Crippen LogP) is 2.07. The van der Waals surface area contributed by atoms with Gasteiger partial charge >= 0.3 is 6.36 Å². The van der Waals surface area contributed by atoms with Crippen LogP contribution < -0.4 is 10.1 Å². The van der Waals surface area contributed by atoms with E-state index in [2.05, 4.69) is 20.0 Å². The van der Waals surface area contributed by atoms with E-state index in [0.717, 1.165) is 6.07 Å². The van der Waals surface area contributed by atoms with E-state index in [0.29, 0.717) is 0 Å². The molecule has 8 heteroatoms. The molecule has 0 fully saturated rings. The molecule has 1 rings (SSSR count). The Balaban J connectivity index is 2.92. The number of ether oxygens (including phenoxy) is 1. The average molecular weight is 228 g/mol. The van der Waals surface area contributed by atoms with Gasteiger partial charge in [-0.2, -0.15) is 4.98 Å². The van der Waals surface area contributed by atoms with Crippen molar-refractivity contribution < 1.29 is 17.9 Å². The molecule has 0 saturated carbocycles. The molecule has 0 spiro atoms. The van der Waals surface area contributed by atoms with Crippen molar-refractivity contribution in [1.82, 2.24) is 9.97 Å². The van der Waals surface area contributed by atoms with E-state index in [4.69, 9.17) is 11.6 Å². The van der Waals surface area contributed by atoms with Gasteiger partial charge in [-0.15, -0.1) is 13.2 Å². The average Bonchev–Trinajstić information content (AvgIpc) is 1.99. The number of alkyl halides is 3. The van der Waals surface area contributed by atoms with Crippen LogP contribution in [0.25, 0.3) is 0 Å². The van der Waals surface area contributed by atoms with E-state index in [1.54, 1.807) is 0 Å². The maximum Gasteiger partial charge on any atom is 0.574 e. The van der Waals surface area contributed by atoms with Gasteiger partial charge < -0.3 is 10.1 Å². The van der Waals surface area contributed by atoms with Crippen molar-refractivity contribution in [2.75, 3.05) is 12.4 Å². The molecule has 0 aliphatic rings. The van der Waals surface area contributed by atoms with Crippen LogP contribution >= 0.6 is 11.6 Å². The minimum Gasteiger partial charge on any atom is -0.388 e. The molecule has 0 radical (unpaired) electrons. The third kappa shape index (κ3) is 3.25. The second kappa shape index (κ2) is 3.87. The van der Waals surface area contributed by atoms with Gasteiger partial charge in [0, 0.05) is 13.1 Å². The third-order valence-corrected chi connectivity index (χ3v) is 1.31. The number of nitrogens with one attached hydrogen (secondary N) is 1. The molecule has 1 heterocycles. The second-order valence-corrected chi connectivity index (χ2v) is 2.54. The summed E-state index contributed by atoms with van der Waals surface area (Å²) in [5.74, 6) is -0.696. The molecule has 0 saturated heterocycles. The maximum atomic E-state index is 11.8. The van der Waals surface area contributed by atoms with E-state index in [9.17, 15) is 13.2 Å². The molecule has 0 aliphatic heterocycles. The standard InChI is InChI=1S/C6H5ClF3N3O/c1-11-5-12-3(7)2-4(13-5)14-6(8,9)10/h2H,1H3,(H,11,12,13). The Labute approximate surface area is 82.1 Å². The fourth-order valence-electron chi connectivity index (χ4n) is 0.680. The molecular weight excluding hydrogens is 223 g/mol. The van der Waals surface area contributed by atoms with E-state index in [1.807, 2.05) is 0 Å². The van der Waals surface area contributed by atoms with Crippen LogP contribution in [0.15, 0.2) is 6.07 Å². The van der Waals surface area contributed by atoms with Gasteiger partial charge in [0.1, 0.15) is 5.15 Å². The van der Waals surface area contributed by atoms with E-state index < -0.39 is 12.2 Å². The van der Waals surface area contributed by atoms with Crippen LogP contribution in [0, 0.1) is 0 Å². The lowest BCUT2D eigenvalue weighted by molar-refractivity contribution is -0.276. The largest absolute Gasteiger partial charge is 0.574 e. The fraction of sp³-hybridized carbons (Fsp3) is 0.333. The third-order valence-electron chi connectivity index (χ3n) is 1.12. The quantitative estimate of drug-likeness (QED) is 0.786. The summed E-state index contributed by atoms with van der Waals surface area (Å²) in [6.07, 6.45) is -4.79. The number of hydrogen-bond acceptors (Lipinski definition) is 4. The molecule has 0 aromatic carbocycles. The highest BCUT2D eigenvalue weighted by Crippen LogP contribution is 2.23. The van der Waals surface area contributed by atoms with Crippen molar-refractivity contribution in [2.45, 2.75) is 6.36 Å². The van der Waals surface area contributed by atoms with Crippen LogP contribution in [0.4, 0.5) is 19.1 Å². The molecule has 14 heavy (non-hydrogen) atoms. The first-order chi connectivity index (χ1) is 6.40. The summed E-state index contributed by atoms with van der Waals surface area (Å²) >= 11 is 5.42. The number of hydrogen-bond donors (Lipinski definition) is 1. The minimum atomic E-state index is -4.79. The summed E-state index contributed by atoms with van der Waals surface area (Å²) < 4.78 is 38.8. The second-order valence-electron chi connectivity index (χ2n) is 2.15. The maximum absolute atomic E-state index is 11.8. The summed E-state index contributed by atoms with van der Waals surface area (Å²) in [4.78, 5) is 6.97. The monoisotopic (exact) mass is 227 g/mol. The van der Waals surface area contributed by atoms with E-state index in [1.165, 1.54) is 7.05 Å². The zero-order valence-electron chi connectivity index (χ0n) is 6.89. The number of anilines is 1. The highest BCUT2D eigenvalue weighted by atomic mass is 35.5. The van der Waals surface area contributed by atoms with Crippen molar-refractivity contribution in [3.05, 3.63) is 11.2 Å². The predicted molar refractivity (Wildman–Crippen MR) is 43.3 cm³/mol. The Hall–Kier alpha value is -1.24. The molecule has 0 atom stereocenters. The lowest BCUT2D eigenvalue weighted by atomic mass is 10.6. The van der Waals surface area contributed by atoms with E-state index >= 15 is 0 Å². The van der Waals surface area contributed by atoms with Crippen LogP contribution in [0.3, 0.4) is 0 Å². The van der Waals surface area contributed by atoms with Gasteiger partial charge in [0.05, 0.1) is 0 Å². The molecule has 1 aromatic heterocycles. The van der Waals surface area contributed by atoms with Gasteiger partial charge in [-0.25, -0.2) is 4.98 Å². The number of nitrogens with zero attached hydrogens (tertiary/aromatic N) is 2. The summed E-state index contributed by atoms with van der Waals surface area (Å²) in [6.45, 7) is 0. The van der Waals surface area contributed by atoms with Gasteiger partial charge in [0.25, 0.3) is 0 Å². The van der Waals surface area contributed by atoms with E-state index in [-0.39, 0.29) is 11.1 Å². The van der Waals surface area contributed by atoms with Crippen LogP contribution in [0.5, 0.6) is 5.88 Å². The number of rotatable bonds is 2. The Morgan fingerprint density at radius 1 is 1.43 bits per heavy atom. The fourth-order valence-corrected chi connectivity index (χ4v) is 0.853. The Morgan fingerprint density at radius 2 is 2.07 bits per heavy atom. The molecule has 1 N–H and O–H groups in total. The summed E-state index contributed by atoms with van der Waals surface area (Å²) in [6, 6.07) is 0.871. The van der Waals surface area contributed by atoms with Crippen molar-refractivity contribution in [3.63, 3.8) is 0 Å². The van der Waals surface area contributed by atoms with Crippen molar-refractivity contribution in [3.8, 4) is 5.88 Å². The first kappa shape index (κ1) is 10.8. The minimum absolute atomic E-state index is 0.0447. The van der Waals surface area contributed by atoms with Gasteiger partial charge in [-0.1, -0.05) is 11.6 Å². The Kier molecular flexibility index (Phi) is 3.00. The lowest BCUT2D eigenvalue weighted by Crippen LogP contribution is -2.18. The van der Waals surface area contributed by atoms with Crippen LogP contribution in [-0.4, -0.2) is 23.4 Å². The number of halogens is 4.